The highest BCUT2D eigenvalue weighted by atomic mass is 35.5. The van der Waals surface area contributed by atoms with E-state index in [1.165, 1.54) is 19.2 Å². The second-order valence-electron chi connectivity index (χ2n) is 6.42. The Bertz CT molecular complexity index is 957. The van der Waals surface area contributed by atoms with E-state index >= 15 is 0 Å². The van der Waals surface area contributed by atoms with Gasteiger partial charge in [0.05, 0.1) is 17.6 Å². The van der Waals surface area contributed by atoms with Crippen LogP contribution in [0.5, 0.6) is 0 Å². The Balaban J connectivity index is 1.68. The highest BCUT2D eigenvalue weighted by Gasteiger charge is 2.27. The summed E-state index contributed by atoms with van der Waals surface area (Å²) < 4.78 is 29.9. The van der Waals surface area contributed by atoms with E-state index in [0.717, 1.165) is 18.4 Å². The van der Waals surface area contributed by atoms with E-state index in [2.05, 4.69) is 9.57 Å². The lowest BCUT2D eigenvalue weighted by Gasteiger charge is -2.22. The van der Waals surface area contributed by atoms with Crippen molar-refractivity contribution in [3.63, 3.8) is 0 Å². The Labute approximate surface area is 169 Å². The van der Waals surface area contributed by atoms with E-state index in [4.69, 9.17) is 11.6 Å². The highest BCUT2D eigenvalue weighted by Crippen LogP contribution is 2.20. The molecule has 148 valence electrons. The number of benzene rings is 2. The predicted molar refractivity (Wildman–Crippen MR) is 108 cm³/mol. The summed E-state index contributed by atoms with van der Waals surface area (Å²) in [4.78, 5) is 14.3. The van der Waals surface area contributed by atoms with E-state index in [9.17, 15) is 13.2 Å². The molecule has 0 bridgehead atoms. The van der Waals surface area contributed by atoms with Crippen molar-refractivity contribution in [2.75, 3.05) is 13.7 Å². The molecule has 1 fully saturated rings. The summed E-state index contributed by atoms with van der Waals surface area (Å²) in [6.45, 7) is 0.628. The molecule has 1 N–H and O–H groups in total. The highest BCUT2D eigenvalue weighted by molar-refractivity contribution is 7.89. The standard InChI is InChI=1S/C20H21ClN2O4S/c1-27-20(24)16-7-4-15(5-8-16)6-11-18-3-2-14-23(18)22-28(25,26)19-12-9-17(21)10-13-19/h4-13,18,22H,2-3,14H2,1H3/b11-6-. The van der Waals surface area contributed by atoms with Gasteiger partial charge in [0.25, 0.3) is 10.0 Å². The molecule has 0 saturated carbocycles. The fourth-order valence-electron chi connectivity index (χ4n) is 3.00. The number of sulfonamides is 1. The topological polar surface area (TPSA) is 75.7 Å². The number of ether oxygens (including phenoxy) is 1. The lowest BCUT2D eigenvalue weighted by molar-refractivity contribution is 0.0600. The number of esters is 1. The number of hydrazine groups is 1. The monoisotopic (exact) mass is 420 g/mol. The Morgan fingerprint density at radius 1 is 1.18 bits per heavy atom. The van der Waals surface area contributed by atoms with Crippen molar-refractivity contribution in [3.8, 4) is 0 Å². The molecule has 8 heteroatoms. The molecule has 1 heterocycles. The Morgan fingerprint density at radius 2 is 1.86 bits per heavy atom. The van der Waals surface area contributed by atoms with Crippen LogP contribution in [0.1, 0.15) is 28.8 Å². The van der Waals surface area contributed by atoms with Crippen molar-refractivity contribution in [2.45, 2.75) is 23.8 Å². The summed E-state index contributed by atoms with van der Waals surface area (Å²) in [6, 6.07) is 13.0. The molecular weight excluding hydrogens is 400 g/mol. The van der Waals surface area contributed by atoms with Gasteiger partial charge in [-0.3, -0.25) is 0 Å². The van der Waals surface area contributed by atoms with Crippen molar-refractivity contribution < 1.29 is 17.9 Å². The molecule has 1 unspecified atom stereocenters. The fraction of sp³-hybridized carbons (Fsp3) is 0.250. The van der Waals surface area contributed by atoms with Crippen LogP contribution in [0.15, 0.2) is 59.5 Å². The van der Waals surface area contributed by atoms with Gasteiger partial charge in [-0.15, -0.1) is 4.83 Å². The van der Waals surface area contributed by atoms with Gasteiger partial charge in [-0.2, -0.15) is 0 Å². The summed E-state index contributed by atoms with van der Waals surface area (Å²) in [7, 11) is -2.32. The van der Waals surface area contributed by atoms with E-state index in [-0.39, 0.29) is 16.9 Å². The van der Waals surface area contributed by atoms with E-state index in [1.54, 1.807) is 29.3 Å². The average Bonchev–Trinajstić information content (AvgIpc) is 3.12. The summed E-state index contributed by atoms with van der Waals surface area (Å²) in [6.07, 6.45) is 5.62. The number of halogens is 1. The van der Waals surface area contributed by atoms with Crippen LogP contribution >= 0.6 is 11.6 Å². The maximum absolute atomic E-state index is 12.6. The SMILES string of the molecule is COC(=O)c1ccc(/C=C\C2CCCN2NS(=O)(=O)c2ccc(Cl)cc2)cc1. The van der Waals surface area contributed by atoms with Crippen LogP contribution in [-0.4, -0.2) is 39.1 Å². The quantitative estimate of drug-likeness (QED) is 0.724. The zero-order chi connectivity index (χ0) is 20.1. The van der Waals surface area contributed by atoms with Crippen LogP contribution in [-0.2, 0) is 14.8 Å². The molecule has 0 spiro atoms. The fourth-order valence-corrected chi connectivity index (χ4v) is 4.26. The van der Waals surface area contributed by atoms with E-state index < -0.39 is 10.0 Å². The Morgan fingerprint density at radius 3 is 2.50 bits per heavy atom. The number of hydrogen-bond acceptors (Lipinski definition) is 5. The van der Waals surface area contributed by atoms with Crippen molar-refractivity contribution in [1.29, 1.82) is 0 Å². The third-order valence-corrected chi connectivity index (χ3v) is 6.12. The minimum atomic E-state index is -3.66. The van der Waals surface area contributed by atoms with Crippen molar-refractivity contribution in [1.82, 2.24) is 9.84 Å². The average molecular weight is 421 g/mol. The van der Waals surface area contributed by atoms with Crippen LogP contribution in [0, 0.1) is 0 Å². The van der Waals surface area contributed by atoms with Gasteiger partial charge in [-0.25, -0.2) is 18.2 Å². The molecule has 2 aromatic rings. The molecule has 1 atom stereocenters. The number of carbonyl (C=O) groups is 1. The molecule has 3 rings (SSSR count). The number of nitrogens with one attached hydrogen (secondary N) is 1. The Kier molecular flexibility index (Phi) is 6.51. The van der Waals surface area contributed by atoms with Gasteiger partial charge in [-0.05, 0) is 54.8 Å². The molecule has 1 aliphatic rings. The van der Waals surface area contributed by atoms with Crippen molar-refractivity contribution in [2.24, 2.45) is 0 Å². The smallest absolute Gasteiger partial charge is 0.337 e. The molecule has 0 aliphatic carbocycles. The van der Waals surface area contributed by atoms with Crippen LogP contribution in [0.4, 0.5) is 0 Å². The first kappa shape index (κ1) is 20.5. The van der Waals surface area contributed by atoms with Crippen LogP contribution in [0.3, 0.4) is 0 Å². The second kappa shape index (κ2) is 8.87. The molecule has 0 radical (unpaired) electrons. The molecule has 2 aromatic carbocycles. The molecule has 0 aromatic heterocycles. The first-order valence-electron chi connectivity index (χ1n) is 8.80. The van der Waals surface area contributed by atoms with Gasteiger partial charge in [0, 0.05) is 17.6 Å². The lowest BCUT2D eigenvalue weighted by atomic mass is 10.1. The van der Waals surface area contributed by atoms with E-state index in [1.807, 2.05) is 24.3 Å². The first-order chi connectivity index (χ1) is 13.4. The van der Waals surface area contributed by atoms with Crippen LogP contribution in [0.2, 0.25) is 5.02 Å². The number of methoxy groups -OCH3 is 1. The zero-order valence-corrected chi connectivity index (χ0v) is 16.9. The van der Waals surface area contributed by atoms with Gasteiger partial charge in [0.1, 0.15) is 0 Å². The van der Waals surface area contributed by atoms with Gasteiger partial charge in [0.2, 0.25) is 0 Å². The maximum Gasteiger partial charge on any atom is 0.337 e. The largest absolute Gasteiger partial charge is 0.465 e. The minimum absolute atomic E-state index is 0.0534. The van der Waals surface area contributed by atoms with Crippen molar-refractivity contribution >= 4 is 33.7 Å². The summed E-state index contributed by atoms with van der Waals surface area (Å²) >= 11 is 5.83. The zero-order valence-electron chi connectivity index (χ0n) is 15.3. The predicted octanol–water partition coefficient (Wildman–Crippen LogP) is 3.50. The summed E-state index contributed by atoms with van der Waals surface area (Å²) in [5, 5.41) is 2.21. The first-order valence-corrected chi connectivity index (χ1v) is 10.7. The minimum Gasteiger partial charge on any atom is -0.465 e. The number of hydrogen-bond donors (Lipinski definition) is 1. The molecule has 28 heavy (non-hydrogen) atoms. The van der Waals surface area contributed by atoms with Crippen molar-refractivity contribution in [3.05, 3.63) is 70.8 Å². The van der Waals surface area contributed by atoms with Gasteiger partial charge >= 0.3 is 5.97 Å². The molecule has 0 amide bonds. The van der Waals surface area contributed by atoms with Crippen LogP contribution in [0.25, 0.3) is 6.08 Å². The second-order valence-corrected chi connectivity index (χ2v) is 8.52. The van der Waals surface area contributed by atoms with Gasteiger partial charge < -0.3 is 4.74 Å². The lowest BCUT2D eigenvalue weighted by Crippen LogP contribution is -2.44. The molecule has 1 saturated heterocycles. The summed E-state index contributed by atoms with van der Waals surface area (Å²) in [5.74, 6) is -0.380. The van der Waals surface area contributed by atoms with Gasteiger partial charge in [0.15, 0.2) is 0 Å². The summed E-state index contributed by atoms with van der Waals surface area (Å²) in [5.41, 5.74) is 1.40. The van der Waals surface area contributed by atoms with Crippen LogP contribution < -0.4 is 4.83 Å². The molecule has 6 nitrogen and oxygen atoms in total. The number of nitrogens with zero attached hydrogens (tertiary/aromatic N) is 1. The van der Waals surface area contributed by atoms with E-state index in [0.29, 0.717) is 17.1 Å². The maximum atomic E-state index is 12.6. The van der Waals surface area contributed by atoms with Gasteiger partial charge in [-0.1, -0.05) is 35.9 Å². The Hall–Kier alpha value is -2.19. The third-order valence-electron chi connectivity index (χ3n) is 4.50. The normalized spacial score (nSPS) is 17.9. The number of rotatable bonds is 6. The third kappa shape index (κ3) is 4.99. The number of carbonyl (C=O) groups excluding carboxylic acids is 1. The molecule has 1 aliphatic heterocycles. The molecular formula is C20H21ClN2O4S.